The molecule has 0 aliphatic carbocycles. The summed E-state index contributed by atoms with van der Waals surface area (Å²) >= 11 is 1.07. The van der Waals surface area contributed by atoms with E-state index in [9.17, 15) is 4.79 Å². The molecule has 3 heterocycles. The number of carbonyl (C=O) groups excluding carboxylic acids is 1. The highest BCUT2D eigenvalue weighted by atomic mass is 32.2. The number of oxazole rings is 1. The van der Waals surface area contributed by atoms with Gasteiger partial charge in [-0.2, -0.15) is 0 Å². The first-order valence-electron chi connectivity index (χ1n) is 9.85. The number of carbonyl (C=O) groups is 1. The summed E-state index contributed by atoms with van der Waals surface area (Å²) in [5.74, 6) is 0. The first-order chi connectivity index (χ1) is 14.8. The second-order valence-electron chi connectivity index (χ2n) is 7.01. The Morgan fingerprint density at radius 1 is 1.00 bits per heavy atom. The fourth-order valence-electron chi connectivity index (χ4n) is 3.64. The van der Waals surface area contributed by atoms with Gasteiger partial charge in [0.25, 0.3) is 5.22 Å². The third-order valence-electron chi connectivity index (χ3n) is 5.02. The summed E-state index contributed by atoms with van der Waals surface area (Å²) in [5, 5.41) is 1.64. The summed E-state index contributed by atoms with van der Waals surface area (Å²) in [6.07, 6.45) is 3.78. The van der Waals surface area contributed by atoms with Crippen LogP contribution >= 0.6 is 11.8 Å². The molecule has 0 saturated carbocycles. The molecule has 0 radical (unpaired) electrons. The molecule has 2 aromatic carbocycles. The van der Waals surface area contributed by atoms with Gasteiger partial charge in [0.15, 0.2) is 10.7 Å². The molecule has 5 aromatic rings. The predicted molar refractivity (Wildman–Crippen MR) is 119 cm³/mol. The zero-order valence-corrected chi connectivity index (χ0v) is 17.0. The van der Waals surface area contributed by atoms with E-state index < -0.39 is 0 Å². The van der Waals surface area contributed by atoms with Crippen LogP contribution in [0.5, 0.6) is 0 Å². The molecule has 0 fully saturated rings. The number of hydrogen-bond acceptors (Lipinski definition) is 5. The first kappa shape index (κ1) is 18.6. The van der Waals surface area contributed by atoms with Gasteiger partial charge in [0.05, 0.1) is 11.4 Å². The lowest BCUT2D eigenvalue weighted by molar-refractivity contribution is -0.111. The zero-order valence-electron chi connectivity index (χ0n) is 16.2. The number of nitrogens with zero attached hydrogens (tertiary/aromatic N) is 2. The molecule has 0 atom stereocenters. The van der Waals surface area contributed by atoms with Crippen molar-refractivity contribution in [2.45, 2.75) is 24.5 Å². The zero-order chi connectivity index (χ0) is 20.3. The van der Waals surface area contributed by atoms with Crippen molar-refractivity contribution in [3.8, 4) is 11.4 Å². The van der Waals surface area contributed by atoms with Gasteiger partial charge in [-0.15, -0.1) is 0 Å². The van der Waals surface area contributed by atoms with E-state index >= 15 is 0 Å². The van der Waals surface area contributed by atoms with E-state index in [2.05, 4.69) is 27.1 Å². The van der Waals surface area contributed by atoms with Gasteiger partial charge in [0, 0.05) is 35.3 Å². The van der Waals surface area contributed by atoms with Crippen LogP contribution in [0, 0.1) is 0 Å². The van der Waals surface area contributed by atoms with Gasteiger partial charge in [-0.1, -0.05) is 36.4 Å². The normalized spacial score (nSPS) is 11.3. The minimum absolute atomic E-state index is 0.0563. The number of aromatic amines is 1. The molecule has 0 bridgehead atoms. The lowest BCUT2D eigenvalue weighted by Gasteiger charge is -2.04. The molecule has 5 rings (SSSR count). The van der Waals surface area contributed by atoms with Gasteiger partial charge in [-0.25, -0.2) is 4.98 Å². The number of nitrogens with one attached hydrogen (secondary N) is 1. The van der Waals surface area contributed by atoms with E-state index in [-0.39, 0.29) is 5.12 Å². The predicted octanol–water partition coefficient (Wildman–Crippen LogP) is 6.01. The van der Waals surface area contributed by atoms with Gasteiger partial charge in [-0.3, -0.25) is 9.78 Å². The number of aromatic nitrogens is 3. The van der Waals surface area contributed by atoms with Crippen LogP contribution < -0.4 is 0 Å². The number of pyridine rings is 1. The molecule has 0 aliphatic heterocycles. The van der Waals surface area contributed by atoms with Crippen molar-refractivity contribution in [3.63, 3.8) is 0 Å². The van der Waals surface area contributed by atoms with E-state index in [1.807, 2.05) is 54.6 Å². The van der Waals surface area contributed by atoms with Crippen molar-refractivity contribution in [1.29, 1.82) is 0 Å². The Morgan fingerprint density at radius 3 is 2.70 bits per heavy atom. The van der Waals surface area contributed by atoms with Crippen LogP contribution in [0.15, 0.2) is 82.6 Å². The Morgan fingerprint density at radius 2 is 1.83 bits per heavy atom. The Hall–Kier alpha value is -3.38. The molecule has 0 saturated heterocycles. The molecule has 5 nitrogen and oxygen atoms in total. The van der Waals surface area contributed by atoms with Crippen LogP contribution in [0.3, 0.4) is 0 Å². The molecular weight excluding hydrogens is 394 g/mol. The van der Waals surface area contributed by atoms with Crippen molar-refractivity contribution in [2.24, 2.45) is 0 Å². The van der Waals surface area contributed by atoms with E-state index in [1.54, 1.807) is 6.20 Å². The smallest absolute Gasteiger partial charge is 0.264 e. The molecule has 3 aromatic heterocycles. The fourth-order valence-corrected chi connectivity index (χ4v) is 4.36. The molecule has 30 heavy (non-hydrogen) atoms. The quantitative estimate of drug-likeness (QED) is 0.345. The number of para-hydroxylation sites is 3. The maximum absolute atomic E-state index is 12.5. The van der Waals surface area contributed by atoms with Gasteiger partial charge in [0.2, 0.25) is 0 Å². The maximum Gasteiger partial charge on any atom is 0.264 e. The Bertz CT molecular complexity index is 1290. The van der Waals surface area contributed by atoms with Crippen LogP contribution in [-0.4, -0.2) is 20.1 Å². The second kappa shape index (κ2) is 8.16. The number of benzene rings is 2. The number of aryl methyl sites for hydroxylation is 1. The number of rotatable bonds is 6. The van der Waals surface area contributed by atoms with Crippen molar-refractivity contribution in [1.82, 2.24) is 15.0 Å². The maximum atomic E-state index is 12.5. The van der Waals surface area contributed by atoms with Gasteiger partial charge >= 0.3 is 0 Å². The average molecular weight is 414 g/mol. The summed E-state index contributed by atoms with van der Waals surface area (Å²) in [6, 6.07) is 21.7. The number of thioether (sulfide) groups is 1. The highest BCUT2D eigenvalue weighted by Gasteiger charge is 2.16. The monoisotopic (exact) mass is 413 g/mol. The number of H-pyrrole nitrogens is 1. The third kappa shape index (κ3) is 3.74. The number of fused-ring (bicyclic) bond motifs is 2. The van der Waals surface area contributed by atoms with E-state index in [0.717, 1.165) is 47.0 Å². The van der Waals surface area contributed by atoms with Crippen LogP contribution in [0.25, 0.3) is 33.4 Å². The highest BCUT2D eigenvalue weighted by Crippen LogP contribution is 2.31. The highest BCUT2D eigenvalue weighted by molar-refractivity contribution is 8.13. The minimum Gasteiger partial charge on any atom is -0.431 e. The van der Waals surface area contributed by atoms with Crippen molar-refractivity contribution >= 4 is 38.9 Å². The molecule has 6 heteroatoms. The van der Waals surface area contributed by atoms with Crippen molar-refractivity contribution in [3.05, 3.63) is 78.5 Å². The molecular formula is C24H19N3O2S. The van der Waals surface area contributed by atoms with Gasteiger partial charge in [0.1, 0.15) is 5.52 Å². The Labute approximate surface area is 177 Å². The van der Waals surface area contributed by atoms with E-state index in [0.29, 0.717) is 17.2 Å². The molecule has 148 valence electrons. The van der Waals surface area contributed by atoms with Crippen LogP contribution in [0.4, 0.5) is 0 Å². The summed E-state index contributed by atoms with van der Waals surface area (Å²) < 4.78 is 5.64. The van der Waals surface area contributed by atoms with Gasteiger partial charge in [-0.05, 0) is 48.7 Å². The SMILES string of the molecule is O=C(CCCc1c(-c2ccccn2)[nH]c2ccccc12)Sc1nc2ccccc2o1. The largest absolute Gasteiger partial charge is 0.431 e. The summed E-state index contributed by atoms with van der Waals surface area (Å²) in [7, 11) is 0. The summed E-state index contributed by atoms with van der Waals surface area (Å²) in [4.78, 5) is 24.8. The molecule has 0 aliphatic rings. The standard InChI is InChI=1S/C24H19N3O2S/c28-22(30-24-27-19-11-3-4-13-21(19)29-24)14-7-9-17-16-8-1-2-10-18(16)26-23(17)20-12-5-6-15-25-20/h1-6,8,10-13,15,26H,7,9,14H2. The van der Waals surface area contributed by atoms with E-state index in [4.69, 9.17) is 4.42 Å². The topological polar surface area (TPSA) is 71.8 Å². The first-order valence-corrected chi connectivity index (χ1v) is 10.7. The van der Waals surface area contributed by atoms with Crippen molar-refractivity contribution in [2.75, 3.05) is 0 Å². The lowest BCUT2D eigenvalue weighted by Crippen LogP contribution is -1.95. The van der Waals surface area contributed by atoms with Gasteiger partial charge < -0.3 is 9.40 Å². The second-order valence-corrected chi connectivity index (χ2v) is 8.02. The summed E-state index contributed by atoms with van der Waals surface area (Å²) in [5.41, 5.74) is 5.69. The lowest BCUT2D eigenvalue weighted by atomic mass is 10.0. The summed E-state index contributed by atoms with van der Waals surface area (Å²) in [6.45, 7) is 0. The van der Waals surface area contributed by atoms with Crippen LogP contribution in [-0.2, 0) is 11.2 Å². The van der Waals surface area contributed by atoms with Crippen LogP contribution in [0.2, 0.25) is 0 Å². The minimum atomic E-state index is 0.0563. The van der Waals surface area contributed by atoms with E-state index in [1.165, 1.54) is 10.9 Å². The van der Waals surface area contributed by atoms with Crippen molar-refractivity contribution < 1.29 is 9.21 Å². The molecule has 1 N–H and O–H groups in total. The Balaban J connectivity index is 1.30. The molecule has 0 unspecified atom stereocenters. The van der Waals surface area contributed by atoms with Crippen LogP contribution in [0.1, 0.15) is 18.4 Å². The average Bonchev–Trinajstić information content (AvgIpc) is 3.35. The molecule has 0 spiro atoms. The fraction of sp³-hybridized carbons (Fsp3) is 0.125. The molecule has 0 amide bonds. The number of hydrogen-bond donors (Lipinski definition) is 1. The Kier molecular flexibility index (Phi) is 5.07. The third-order valence-corrected chi connectivity index (χ3v) is 5.80.